The minimum Gasteiger partial charge on any atom is -0.480 e. The van der Waals surface area contributed by atoms with Crippen molar-refractivity contribution in [1.82, 2.24) is 14.7 Å². The highest BCUT2D eigenvalue weighted by Crippen LogP contribution is 2.39. The average Bonchev–Trinajstić information content (AvgIpc) is 2.94. The number of hydrogen-bond donors (Lipinski definition) is 1. The van der Waals surface area contributed by atoms with Gasteiger partial charge in [0, 0.05) is 39.1 Å². The van der Waals surface area contributed by atoms with E-state index in [1.54, 1.807) is 16.7 Å². The molecule has 0 aromatic rings. The predicted molar refractivity (Wildman–Crippen MR) is 87.3 cm³/mol. The van der Waals surface area contributed by atoms with Crippen molar-refractivity contribution < 1.29 is 19.5 Å². The van der Waals surface area contributed by atoms with Crippen molar-refractivity contribution in [2.75, 3.05) is 32.7 Å². The minimum absolute atomic E-state index is 0.00400. The van der Waals surface area contributed by atoms with Crippen LogP contribution in [0.2, 0.25) is 0 Å². The molecule has 7 heteroatoms. The summed E-state index contributed by atoms with van der Waals surface area (Å²) in [6.45, 7) is 3.95. The van der Waals surface area contributed by atoms with Gasteiger partial charge in [-0.2, -0.15) is 0 Å². The third kappa shape index (κ3) is 3.41. The summed E-state index contributed by atoms with van der Waals surface area (Å²) in [6.07, 6.45) is 5.04. The van der Waals surface area contributed by atoms with E-state index in [9.17, 15) is 19.5 Å². The number of nitrogens with zero attached hydrogens (tertiary/aromatic N) is 3. The number of carbonyl (C=O) groups excluding carboxylic acids is 2. The van der Waals surface area contributed by atoms with Crippen LogP contribution in [0, 0.1) is 5.92 Å². The van der Waals surface area contributed by atoms with Crippen molar-refractivity contribution in [3.8, 4) is 0 Å². The van der Waals surface area contributed by atoms with Gasteiger partial charge in [0.15, 0.2) is 0 Å². The Kier molecular flexibility index (Phi) is 5.08. The van der Waals surface area contributed by atoms with Gasteiger partial charge in [-0.3, -0.25) is 19.3 Å². The molecule has 0 aromatic carbocycles. The summed E-state index contributed by atoms with van der Waals surface area (Å²) >= 11 is 0. The second-order valence-electron chi connectivity index (χ2n) is 7.26. The van der Waals surface area contributed by atoms with Crippen molar-refractivity contribution >= 4 is 17.8 Å². The fraction of sp³-hybridized carbons (Fsp3) is 0.824. The van der Waals surface area contributed by atoms with E-state index in [-0.39, 0.29) is 24.4 Å². The summed E-state index contributed by atoms with van der Waals surface area (Å²) in [4.78, 5) is 41.1. The van der Waals surface area contributed by atoms with Gasteiger partial charge in [-0.1, -0.05) is 12.8 Å². The van der Waals surface area contributed by atoms with Crippen LogP contribution in [0.1, 0.15) is 39.0 Å². The Morgan fingerprint density at radius 1 is 1.00 bits per heavy atom. The van der Waals surface area contributed by atoms with Crippen LogP contribution >= 0.6 is 0 Å². The van der Waals surface area contributed by atoms with Crippen molar-refractivity contribution in [3.05, 3.63) is 0 Å². The molecule has 134 valence electrons. The zero-order valence-corrected chi connectivity index (χ0v) is 14.3. The molecule has 0 bridgehead atoms. The van der Waals surface area contributed by atoms with Crippen molar-refractivity contribution in [2.24, 2.45) is 5.92 Å². The maximum atomic E-state index is 12.7. The summed E-state index contributed by atoms with van der Waals surface area (Å²) in [6, 6.07) is -0.289. The maximum absolute atomic E-state index is 12.7. The van der Waals surface area contributed by atoms with Crippen molar-refractivity contribution in [2.45, 2.75) is 51.1 Å². The SMILES string of the molecule is CC(=O)N1CCN(C(=O)CN2C(C(=O)O)CC3CCCCC32)CC1. The van der Waals surface area contributed by atoms with E-state index >= 15 is 0 Å². The Hall–Kier alpha value is -1.63. The molecule has 3 aliphatic rings. The molecule has 3 rings (SSSR count). The molecule has 2 saturated heterocycles. The first-order valence-corrected chi connectivity index (χ1v) is 8.99. The number of piperazine rings is 1. The van der Waals surface area contributed by atoms with E-state index in [0.717, 1.165) is 19.3 Å². The molecule has 2 amide bonds. The van der Waals surface area contributed by atoms with E-state index in [1.807, 2.05) is 4.90 Å². The number of hydrogen-bond acceptors (Lipinski definition) is 4. The minimum atomic E-state index is -0.807. The molecule has 1 saturated carbocycles. The molecule has 2 aliphatic heterocycles. The first-order valence-electron chi connectivity index (χ1n) is 8.99. The second kappa shape index (κ2) is 7.09. The number of amides is 2. The molecule has 24 heavy (non-hydrogen) atoms. The van der Waals surface area contributed by atoms with Crippen LogP contribution < -0.4 is 0 Å². The van der Waals surface area contributed by atoms with Crippen LogP contribution in [0.4, 0.5) is 0 Å². The molecule has 0 aromatic heterocycles. The normalized spacial score (nSPS) is 31.0. The Morgan fingerprint density at radius 3 is 2.25 bits per heavy atom. The van der Waals surface area contributed by atoms with E-state index in [2.05, 4.69) is 0 Å². The largest absolute Gasteiger partial charge is 0.480 e. The molecule has 0 spiro atoms. The molecule has 2 heterocycles. The van der Waals surface area contributed by atoms with E-state index < -0.39 is 12.0 Å². The van der Waals surface area contributed by atoms with Crippen LogP contribution in [0.3, 0.4) is 0 Å². The van der Waals surface area contributed by atoms with E-state index in [1.165, 1.54) is 6.42 Å². The first-order chi connectivity index (χ1) is 11.5. The number of carbonyl (C=O) groups is 3. The Labute approximate surface area is 142 Å². The average molecular weight is 337 g/mol. The maximum Gasteiger partial charge on any atom is 0.320 e. The second-order valence-corrected chi connectivity index (χ2v) is 7.26. The lowest BCUT2D eigenvalue weighted by Crippen LogP contribution is -2.54. The molecule has 7 nitrogen and oxygen atoms in total. The summed E-state index contributed by atoms with van der Waals surface area (Å²) in [5.74, 6) is -0.353. The van der Waals surface area contributed by atoms with Gasteiger partial charge < -0.3 is 14.9 Å². The van der Waals surface area contributed by atoms with Gasteiger partial charge in [0.05, 0.1) is 6.54 Å². The number of fused-ring (bicyclic) bond motifs is 1. The molecule has 3 unspecified atom stereocenters. The number of carboxylic acids is 1. The molecule has 3 fully saturated rings. The Balaban J connectivity index is 1.62. The highest BCUT2D eigenvalue weighted by atomic mass is 16.4. The van der Waals surface area contributed by atoms with E-state index in [0.29, 0.717) is 38.5 Å². The van der Waals surface area contributed by atoms with E-state index in [4.69, 9.17) is 0 Å². The smallest absolute Gasteiger partial charge is 0.320 e. The first kappa shape index (κ1) is 17.2. The highest BCUT2D eigenvalue weighted by Gasteiger charge is 2.46. The predicted octanol–water partition coefficient (Wildman–Crippen LogP) is 0.395. The lowest BCUT2D eigenvalue weighted by molar-refractivity contribution is -0.145. The van der Waals surface area contributed by atoms with Crippen molar-refractivity contribution in [1.29, 1.82) is 0 Å². The lowest BCUT2D eigenvalue weighted by atomic mass is 9.85. The summed E-state index contributed by atoms with van der Waals surface area (Å²) in [7, 11) is 0. The molecule has 1 aliphatic carbocycles. The zero-order valence-electron chi connectivity index (χ0n) is 14.3. The summed E-state index contributed by atoms with van der Waals surface area (Å²) < 4.78 is 0. The monoisotopic (exact) mass is 337 g/mol. The molecular formula is C17H27N3O4. The number of rotatable bonds is 3. The fourth-order valence-corrected chi connectivity index (χ4v) is 4.55. The van der Waals surface area contributed by atoms with Gasteiger partial charge in [0.2, 0.25) is 11.8 Å². The third-order valence-corrected chi connectivity index (χ3v) is 5.90. The van der Waals surface area contributed by atoms with Gasteiger partial charge in [0.1, 0.15) is 6.04 Å². The quantitative estimate of drug-likeness (QED) is 0.806. The number of carboxylic acid groups (broad SMARTS) is 1. The standard InChI is InChI=1S/C17H27N3O4/c1-12(21)18-6-8-19(9-7-18)16(22)11-20-14-5-3-2-4-13(14)10-15(20)17(23)24/h13-15H,2-11H2,1H3,(H,23,24). The fourth-order valence-electron chi connectivity index (χ4n) is 4.55. The number of aliphatic carboxylic acids is 1. The summed E-state index contributed by atoms with van der Waals surface area (Å²) in [5, 5.41) is 9.54. The Morgan fingerprint density at radius 2 is 1.62 bits per heavy atom. The summed E-state index contributed by atoms with van der Waals surface area (Å²) in [5.41, 5.74) is 0. The molecule has 1 N–H and O–H groups in total. The van der Waals surface area contributed by atoms with Crippen molar-refractivity contribution in [3.63, 3.8) is 0 Å². The van der Waals surface area contributed by atoms with Crippen LogP contribution in [0.5, 0.6) is 0 Å². The van der Waals surface area contributed by atoms with Crippen LogP contribution in [-0.2, 0) is 14.4 Å². The van der Waals surface area contributed by atoms with Crippen LogP contribution in [-0.4, -0.2) is 82.4 Å². The zero-order chi connectivity index (χ0) is 17.3. The van der Waals surface area contributed by atoms with Gasteiger partial charge in [0.25, 0.3) is 0 Å². The highest BCUT2D eigenvalue weighted by molar-refractivity contribution is 5.81. The third-order valence-electron chi connectivity index (χ3n) is 5.90. The Bertz CT molecular complexity index is 516. The van der Waals surface area contributed by atoms with Crippen LogP contribution in [0.15, 0.2) is 0 Å². The lowest BCUT2D eigenvalue weighted by Gasteiger charge is -2.37. The topological polar surface area (TPSA) is 81.2 Å². The van der Waals surface area contributed by atoms with Crippen LogP contribution in [0.25, 0.3) is 0 Å². The van der Waals surface area contributed by atoms with Gasteiger partial charge in [-0.25, -0.2) is 0 Å². The number of likely N-dealkylation sites (tertiary alicyclic amines) is 1. The molecular weight excluding hydrogens is 310 g/mol. The van der Waals surface area contributed by atoms with Gasteiger partial charge >= 0.3 is 5.97 Å². The molecule has 0 radical (unpaired) electrons. The van der Waals surface area contributed by atoms with Gasteiger partial charge in [-0.05, 0) is 25.2 Å². The molecule has 3 atom stereocenters. The van der Waals surface area contributed by atoms with Gasteiger partial charge in [-0.15, -0.1) is 0 Å².